The van der Waals surface area contributed by atoms with Crippen LogP contribution in [0.15, 0.2) is 0 Å². The predicted molar refractivity (Wildman–Crippen MR) is 110 cm³/mol. The molecule has 1 saturated heterocycles. The summed E-state index contributed by atoms with van der Waals surface area (Å²) in [5.41, 5.74) is 1.31. The molecular weight excluding hydrogens is 418 g/mol. The van der Waals surface area contributed by atoms with Crippen LogP contribution in [0.3, 0.4) is 0 Å². The number of nitrogens with zero attached hydrogens (tertiary/aromatic N) is 3. The highest BCUT2D eigenvalue weighted by atomic mass is 35.5. The van der Waals surface area contributed by atoms with E-state index in [9.17, 15) is 9.59 Å². The number of hydrogen-bond acceptors (Lipinski definition) is 7. The maximum atomic E-state index is 12.6. The first kappa shape index (κ1) is 21.5. The summed E-state index contributed by atoms with van der Waals surface area (Å²) in [4.78, 5) is 38.0. The van der Waals surface area contributed by atoms with Crippen molar-refractivity contribution in [2.75, 3.05) is 25.1 Å². The number of aryl methyl sites for hydroxylation is 2. The number of aromatic nitrogens is 3. The number of methoxy groups -OCH3 is 1. The molecule has 2 aromatic rings. The number of nitrogens with one attached hydrogen (secondary N) is 2. The molecule has 3 heterocycles. The monoisotopic (exact) mass is 441 g/mol. The minimum Gasteiger partial charge on any atom is -0.481 e. The van der Waals surface area contributed by atoms with Crippen molar-refractivity contribution < 1.29 is 19.4 Å². The van der Waals surface area contributed by atoms with Gasteiger partial charge in [0, 0.05) is 25.1 Å². The summed E-state index contributed by atoms with van der Waals surface area (Å²) in [6, 6.07) is -0.183. The smallest absolute Gasteiger partial charge is 0.309 e. The van der Waals surface area contributed by atoms with Crippen molar-refractivity contribution in [3.8, 4) is 0 Å². The predicted octanol–water partition coefficient (Wildman–Crippen LogP) is 2.04. The number of hydrogen-bond donors (Lipinski definition) is 3. The number of halogens is 1. The van der Waals surface area contributed by atoms with Crippen molar-refractivity contribution in [1.82, 2.24) is 20.3 Å². The maximum absolute atomic E-state index is 12.6. The molecule has 2 aromatic heterocycles. The van der Waals surface area contributed by atoms with Crippen LogP contribution in [0.5, 0.6) is 0 Å². The first-order valence-electron chi connectivity index (χ1n) is 9.33. The quantitative estimate of drug-likeness (QED) is 0.601. The Hall–Kier alpha value is -2.17. The average molecular weight is 442 g/mol. The van der Waals surface area contributed by atoms with E-state index in [4.69, 9.17) is 21.4 Å². The number of ether oxygens (including phenoxy) is 1. The molecule has 158 valence electrons. The van der Waals surface area contributed by atoms with Crippen LogP contribution < -0.4 is 10.2 Å². The van der Waals surface area contributed by atoms with Crippen LogP contribution in [0.1, 0.15) is 40.2 Å². The van der Waals surface area contributed by atoms with Gasteiger partial charge in [-0.15, -0.1) is 11.3 Å². The number of aromatic amines is 1. The van der Waals surface area contributed by atoms with Crippen LogP contribution in [0.2, 0.25) is 5.15 Å². The lowest BCUT2D eigenvalue weighted by molar-refractivity contribution is -0.136. The molecule has 0 radical (unpaired) electrons. The Kier molecular flexibility index (Phi) is 6.76. The van der Waals surface area contributed by atoms with E-state index >= 15 is 0 Å². The third-order valence-electron chi connectivity index (χ3n) is 4.95. The molecule has 1 fully saturated rings. The summed E-state index contributed by atoms with van der Waals surface area (Å²) >= 11 is 7.50. The van der Waals surface area contributed by atoms with E-state index in [1.807, 2.05) is 13.8 Å². The summed E-state index contributed by atoms with van der Waals surface area (Å²) in [5, 5.41) is 13.1. The van der Waals surface area contributed by atoms with E-state index in [0.29, 0.717) is 36.8 Å². The Bertz CT molecular complexity index is 899. The Morgan fingerprint density at radius 1 is 1.45 bits per heavy atom. The molecule has 2 atom stereocenters. The van der Waals surface area contributed by atoms with Crippen LogP contribution in [0, 0.1) is 6.92 Å². The second-order valence-electron chi connectivity index (χ2n) is 6.87. The van der Waals surface area contributed by atoms with Gasteiger partial charge in [-0.3, -0.25) is 9.59 Å². The zero-order valence-electron chi connectivity index (χ0n) is 16.5. The molecule has 0 bridgehead atoms. The topological polar surface area (TPSA) is 120 Å². The van der Waals surface area contributed by atoms with Gasteiger partial charge < -0.3 is 25.0 Å². The van der Waals surface area contributed by atoms with Crippen molar-refractivity contribution in [1.29, 1.82) is 0 Å². The number of carbonyl (C=O) groups excluding carboxylic acids is 1. The van der Waals surface area contributed by atoms with E-state index < -0.39 is 5.97 Å². The normalized spacial score (nSPS) is 19.4. The second-order valence-corrected chi connectivity index (χ2v) is 8.41. The number of amides is 1. The highest BCUT2D eigenvalue weighted by Gasteiger charge is 2.33. The molecule has 0 saturated carbocycles. The Morgan fingerprint density at radius 3 is 2.83 bits per heavy atom. The number of anilines is 1. The van der Waals surface area contributed by atoms with Gasteiger partial charge in [0.15, 0.2) is 16.1 Å². The lowest BCUT2D eigenvalue weighted by atomic mass is 10.0. The number of aliphatic carboxylic acids is 1. The van der Waals surface area contributed by atoms with Crippen LogP contribution in [-0.4, -0.2) is 64.3 Å². The van der Waals surface area contributed by atoms with Gasteiger partial charge in [0.05, 0.1) is 30.0 Å². The fourth-order valence-corrected chi connectivity index (χ4v) is 4.54. The fourth-order valence-electron chi connectivity index (χ4n) is 3.32. The molecule has 3 rings (SSSR count). The minimum absolute atomic E-state index is 0.0893. The van der Waals surface area contributed by atoms with Gasteiger partial charge in [0.2, 0.25) is 0 Å². The third-order valence-corrected chi connectivity index (χ3v) is 6.33. The third kappa shape index (κ3) is 4.88. The number of thiazole rings is 1. The second kappa shape index (κ2) is 9.10. The zero-order chi connectivity index (χ0) is 21.1. The highest BCUT2D eigenvalue weighted by molar-refractivity contribution is 7.15. The van der Waals surface area contributed by atoms with E-state index in [-0.39, 0.29) is 30.3 Å². The lowest BCUT2D eigenvalue weighted by Crippen LogP contribution is -2.55. The molecule has 1 aliphatic rings. The van der Waals surface area contributed by atoms with Gasteiger partial charge >= 0.3 is 5.97 Å². The Morgan fingerprint density at radius 2 is 2.21 bits per heavy atom. The number of carboxylic acid groups (broad SMARTS) is 1. The largest absolute Gasteiger partial charge is 0.481 e. The summed E-state index contributed by atoms with van der Waals surface area (Å²) in [6.07, 6.45) is 0.992. The molecule has 3 N–H and O–H groups in total. The summed E-state index contributed by atoms with van der Waals surface area (Å²) < 4.78 is 5.61. The zero-order valence-corrected chi connectivity index (χ0v) is 18.1. The first-order chi connectivity index (χ1) is 13.8. The minimum atomic E-state index is -0.898. The van der Waals surface area contributed by atoms with E-state index in [1.165, 1.54) is 11.3 Å². The molecule has 11 heteroatoms. The lowest BCUT2D eigenvalue weighted by Gasteiger charge is -2.37. The molecule has 1 aliphatic heterocycles. The molecule has 0 spiro atoms. The fraction of sp³-hybridized carbons (Fsp3) is 0.556. The maximum Gasteiger partial charge on any atom is 0.309 e. The van der Waals surface area contributed by atoms with E-state index in [1.54, 1.807) is 7.11 Å². The van der Waals surface area contributed by atoms with E-state index in [0.717, 1.165) is 15.7 Å². The first-order valence-corrected chi connectivity index (χ1v) is 10.5. The Labute approximate surface area is 177 Å². The molecule has 29 heavy (non-hydrogen) atoms. The molecular formula is C18H24ClN5O4S. The van der Waals surface area contributed by atoms with Gasteiger partial charge in [0.1, 0.15) is 0 Å². The van der Waals surface area contributed by atoms with Gasteiger partial charge in [-0.2, -0.15) is 0 Å². The van der Waals surface area contributed by atoms with Crippen molar-refractivity contribution in [2.45, 2.75) is 45.3 Å². The number of carbonyl (C=O) groups is 2. The molecule has 1 amide bonds. The number of piperidine rings is 1. The molecule has 9 nitrogen and oxygen atoms in total. The highest BCUT2D eigenvalue weighted by Crippen LogP contribution is 2.29. The molecule has 0 aliphatic carbocycles. The molecule has 0 aromatic carbocycles. The van der Waals surface area contributed by atoms with Crippen LogP contribution in [0.4, 0.5) is 5.13 Å². The van der Waals surface area contributed by atoms with Gasteiger partial charge in [-0.25, -0.2) is 9.97 Å². The van der Waals surface area contributed by atoms with Gasteiger partial charge in [-0.05, 0) is 19.8 Å². The van der Waals surface area contributed by atoms with Crippen LogP contribution in [-0.2, 0) is 22.4 Å². The van der Waals surface area contributed by atoms with Crippen LogP contribution in [0.25, 0.3) is 0 Å². The number of imidazole rings is 1. The van der Waals surface area contributed by atoms with Crippen LogP contribution >= 0.6 is 22.9 Å². The Balaban J connectivity index is 1.66. The van der Waals surface area contributed by atoms with Crippen molar-refractivity contribution in [3.05, 3.63) is 27.2 Å². The summed E-state index contributed by atoms with van der Waals surface area (Å²) in [6.45, 7) is 5.02. The van der Waals surface area contributed by atoms with Gasteiger partial charge in [-0.1, -0.05) is 18.5 Å². The number of rotatable bonds is 7. The number of carboxylic acids is 1. The van der Waals surface area contributed by atoms with E-state index in [2.05, 4.69) is 25.2 Å². The SMILES string of the molecule is CCc1[nH]c(C(=O)N[C@H]2CCN(c3nc(CC(=O)O)c(C)s3)C[C@H]2OC)nc1Cl. The summed E-state index contributed by atoms with van der Waals surface area (Å²) in [7, 11) is 1.61. The average Bonchev–Trinajstić information content (AvgIpc) is 3.24. The standard InChI is InChI=1S/C18H24ClN5O4S/c1-4-10-15(19)23-16(20-10)17(27)21-11-5-6-24(8-13(11)28-3)18-22-12(7-14(25)26)9(2)29-18/h11,13H,4-8H2,1-3H3,(H,20,23)(H,21,27)(H,25,26)/t11-,13+/m0/s1. The summed E-state index contributed by atoms with van der Waals surface area (Å²) in [5.74, 6) is -1.02. The van der Waals surface area contributed by atoms with Crippen molar-refractivity contribution >= 4 is 39.9 Å². The van der Waals surface area contributed by atoms with Gasteiger partial charge in [0.25, 0.3) is 5.91 Å². The van der Waals surface area contributed by atoms with Crippen molar-refractivity contribution in [3.63, 3.8) is 0 Å². The van der Waals surface area contributed by atoms with Crippen molar-refractivity contribution in [2.24, 2.45) is 0 Å². The number of H-pyrrole nitrogens is 1. The molecule has 0 unspecified atom stereocenters.